The Morgan fingerprint density at radius 1 is 1.33 bits per heavy atom. The minimum Gasteiger partial charge on any atom is -0.276 e. The first-order valence-corrected chi connectivity index (χ1v) is 3.45. The van der Waals surface area contributed by atoms with E-state index < -0.39 is 0 Å². The fourth-order valence-electron chi connectivity index (χ4n) is 1.17. The van der Waals surface area contributed by atoms with Gasteiger partial charge < -0.3 is 0 Å². The average molecular weight is 157 g/mol. The van der Waals surface area contributed by atoms with Crippen LogP contribution in [0.5, 0.6) is 0 Å². The number of nitrogens with one attached hydrogen (secondary N) is 1. The zero-order valence-corrected chi connectivity index (χ0v) is 6.15. The van der Waals surface area contributed by atoms with Gasteiger partial charge in [0.15, 0.2) is 4.98 Å². The van der Waals surface area contributed by atoms with Crippen molar-refractivity contribution in [3.8, 4) is 0 Å². The molecule has 1 aromatic carbocycles. The van der Waals surface area contributed by atoms with Gasteiger partial charge in [-0.2, -0.15) is 0 Å². The van der Waals surface area contributed by atoms with Gasteiger partial charge in [-0.25, -0.2) is 4.99 Å². The third-order valence-electron chi connectivity index (χ3n) is 1.72. The van der Waals surface area contributed by atoms with Crippen molar-refractivity contribution in [3.63, 3.8) is 0 Å². The fraction of sp³-hybridized carbons (Fsp3) is 0. The molecule has 0 aliphatic carbocycles. The molecule has 0 spiro atoms. The maximum Gasteiger partial charge on any atom is 0.437 e. The number of benzene rings is 1. The molecular formula is C8H5N4+. The van der Waals surface area contributed by atoms with Crippen molar-refractivity contribution in [3.05, 3.63) is 39.8 Å². The lowest BCUT2D eigenvalue weighted by Gasteiger charge is -1.75. The van der Waals surface area contributed by atoms with Gasteiger partial charge in [0, 0.05) is 0 Å². The summed E-state index contributed by atoms with van der Waals surface area (Å²) in [5.41, 5.74) is 0.241. The van der Waals surface area contributed by atoms with Gasteiger partial charge in [0.25, 0.3) is 0 Å². The number of amidine groups is 1. The summed E-state index contributed by atoms with van der Waals surface area (Å²) >= 11 is 0. The molecule has 0 aromatic heterocycles. The van der Waals surface area contributed by atoms with Crippen LogP contribution in [0.25, 0.3) is 10.7 Å². The highest BCUT2D eigenvalue weighted by molar-refractivity contribution is 6.19. The van der Waals surface area contributed by atoms with Gasteiger partial charge >= 0.3 is 5.70 Å². The molecule has 0 fully saturated rings. The smallest absolute Gasteiger partial charge is 0.276 e. The van der Waals surface area contributed by atoms with Crippen LogP contribution in [-0.2, 0) is 0 Å². The van der Waals surface area contributed by atoms with Crippen molar-refractivity contribution in [2.24, 2.45) is 4.99 Å². The summed E-state index contributed by atoms with van der Waals surface area (Å²) in [5.74, 6) is 0.0127. The third kappa shape index (κ3) is 0.736. The van der Waals surface area contributed by atoms with E-state index in [1.807, 2.05) is 12.1 Å². The highest BCUT2D eigenvalue weighted by Gasteiger charge is 2.23. The van der Waals surface area contributed by atoms with E-state index in [4.69, 9.17) is 10.8 Å². The number of nitrogens with zero attached hydrogens (tertiary/aromatic N) is 3. The molecule has 1 heterocycles. The number of diazo groups is 1. The van der Waals surface area contributed by atoms with Crippen LogP contribution in [-0.4, -0.2) is 5.84 Å². The molecule has 2 rings (SSSR count). The van der Waals surface area contributed by atoms with Gasteiger partial charge in [0.2, 0.25) is 11.2 Å². The molecule has 1 aromatic rings. The molecule has 12 heavy (non-hydrogen) atoms. The maximum atomic E-state index is 8.57. The lowest BCUT2D eigenvalue weighted by Crippen LogP contribution is -2.21. The first kappa shape index (κ1) is 6.68. The second-order valence-electron chi connectivity index (χ2n) is 2.43. The van der Waals surface area contributed by atoms with E-state index in [-0.39, 0.29) is 11.5 Å². The summed E-state index contributed by atoms with van der Waals surface area (Å²) in [7, 11) is 0. The van der Waals surface area contributed by atoms with E-state index in [1.54, 1.807) is 12.1 Å². The van der Waals surface area contributed by atoms with Gasteiger partial charge in [0.1, 0.15) is 0 Å². The van der Waals surface area contributed by atoms with E-state index in [2.05, 4.69) is 9.97 Å². The molecule has 0 radical (unpaired) electrons. The van der Waals surface area contributed by atoms with E-state index in [9.17, 15) is 0 Å². The van der Waals surface area contributed by atoms with Crippen molar-refractivity contribution in [2.75, 3.05) is 0 Å². The second-order valence-corrected chi connectivity index (χ2v) is 2.43. The van der Waals surface area contributed by atoms with Crippen LogP contribution in [0.2, 0.25) is 0 Å². The Labute approximate surface area is 68.0 Å². The Hall–Kier alpha value is -2.02. The molecular weight excluding hydrogens is 152 g/mol. The van der Waals surface area contributed by atoms with E-state index in [1.165, 1.54) is 0 Å². The predicted octanol–water partition coefficient (Wildman–Crippen LogP) is 0.258. The van der Waals surface area contributed by atoms with Gasteiger partial charge in [-0.15, -0.1) is 0 Å². The minimum absolute atomic E-state index is 0.0127. The number of rotatable bonds is 0. The topological polar surface area (TPSA) is 64.4 Å². The first-order chi connectivity index (χ1) is 5.83. The van der Waals surface area contributed by atoms with Crippen LogP contribution >= 0.6 is 0 Å². The fourth-order valence-corrected chi connectivity index (χ4v) is 1.17. The van der Waals surface area contributed by atoms with Crippen LogP contribution in [0.4, 0.5) is 0 Å². The van der Waals surface area contributed by atoms with Crippen molar-refractivity contribution < 1.29 is 0 Å². The summed E-state index contributed by atoms with van der Waals surface area (Å²) in [6.07, 6.45) is 0. The number of para-hydroxylation sites is 1. The van der Waals surface area contributed by atoms with Crippen LogP contribution < -0.4 is 10.6 Å². The predicted molar refractivity (Wildman–Crippen MR) is 43.4 cm³/mol. The summed E-state index contributed by atoms with van der Waals surface area (Å²) in [6.45, 7) is 0. The third-order valence-corrected chi connectivity index (χ3v) is 1.72. The van der Waals surface area contributed by atoms with Gasteiger partial charge in [-0.3, -0.25) is 5.41 Å². The summed E-state index contributed by atoms with van der Waals surface area (Å²) < 4.78 is 0. The zero-order valence-electron chi connectivity index (χ0n) is 6.15. The maximum absolute atomic E-state index is 8.57. The molecule has 0 bridgehead atoms. The SMILES string of the molecule is N#[N+]C1=c2ccccc2=NC1=N. The van der Waals surface area contributed by atoms with Crippen molar-refractivity contribution in [1.82, 2.24) is 0 Å². The average Bonchev–Trinajstić information content (AvgIpc) is 2.40. The first-order valence-electron chi connectivity index (χ1n) is 3.45. The molecule has 0 saturated heterocycles. The van der Waals surface area contributed by atoms with Gasteiger partial charge in [0.05, 0.1) is 10.6 Å². The van der Waals surface area contributed by atoms with Crippen LogP contribution in [0.3, 0.4) is 0 Å². The van der Waals surface area contributed by atoms with Crippen molar-refractivity contribution in [2.45, 2.75) is 0 Å². The Bertz CT molecular complexity index is 507. The monoisotopic (exact) mass is 157 g/mol. The Balaban J connectivity index is 3.00. The Morgan fingerprint density at radius 2 is 2.08 bits per heavy atom. The van der Waals surface area contributed by atoms with Crippen LogP contribution in [0.15, 0.2) is 29.3 Å². The zero-order chi connectivity index (χ0) is 8.55. The lowest BCUT2D eigenvalue weighted by atomic mass is 10.2. The highest BCUT2D eigenvalue weighted by atomic mass is 15.0. The quantitative estimate of drug-likeness (QED) is 0.539. The summed E-state index contributed by atoms with van der Waals surface area (Å²) in [5, 5.41) is 17.3. The molecule has 0 unspecified atom stereocenters. The molecule has 56 valence electrons. The van der Waals surface area contributed by atoms with E-state index >= 15 is 0 Å². The highest BCUT2D eigenvalue weighted by Crippen LogP contribution is 2.00. The molecule has 0 atom stereocenters. The largest absolute Gasteiger partial charge is 0.437 e. The Morgan fingerprint density at radius 3 is 2.83 bits per heavy atom. The second kappa shape index (κ2) is 2.24. The molecule has 4 heteroatoms. The van der Waals surface area contributed by atoms with E-state index in [0.29, 0.717) is 10.6 Å². The van der Waals surface area contributed by atoms with Crippen molar-refractivity contribution >= 4 is 11.5 Å². The summed E-state index contributed by atoms with van der Waals surface area (Å²) in [4.78, 5) is 6.91. The number of hydrogen-bond acceptors (Lipinski definition) is 2. The molecule has 1 aliphatic heterocycles. The summed E-state index contributed by atoms with van der Waals surface area (Å²) in [6, 6.07) is 7.20. The van der Waals surface area contributed by atoms with Crippen LogP contribution in [0.1, 0.15) is 0 Å². The normalized spacial score (nSPS) is 13.6. The molecule has 1 aliphatic rings. The van der Waals surface area contributed by atoms with Crippen molar-refractivity contribution in [1.29, 1.82) is 10.8 Å². The molecule has 0 amide bonds. The van der Waals surface area contributed by atoms with Gasteiger partial charge in [-0.1, -0.05) is 12.1 Å². The van der Waals surface area contributed by atoms with Gasteiger partial charge in [-0.05, 0) is 12.1 Å². The van der Waals surface area contributed by atoms with E-state index in [0.717, 1.165) is 0 Å². The minimum atomic E-state index is 0.0127. The number of hydrogen-bond donors (Lipinski definition) is 1. The lowest BCUT2D eigenvalue weighted by molar-refractivity contribution is 1.37. The van der Waals surface area contributed by atoms with Crippen LogP contribution in [0, 0.1) is 10.8 Å². The molecule has 4 nitrogen and oxygen atoms in total. The number of fused-ring (bicyclic) bond motifs is 1. The Kier molecular flexibility index (Phi) is 1.25. The molecule has 0 saturated carbocycles. The molecule has 1 N–H and O–H groups in total. The standard InChI is InChI=1S/C8H5N4/c9-8-7(12-10)5-3-1-2-4-6(5)11-8/h1-4,9H/q+1.